The molecular weight excluding hydrogens is 294 g/mol. The number of benzene rings is 2. The molecule has 0 aliphatic heterocycles. The number of H-pyrrole nitrogens is 1. The lowest BCUT2D eigenvalue weighted by molar-refractivity contribution is 0.419. The molecule has 0 saturated heterocycles. The number of thiazole rings is 1. The van der Waals surface area contributed by atoms with E-state index in [4.69, 9.17) is 9.72 Å². The van der Waals surface area contributed by atoms with Crippen LogP contribution in [-0.2, 0) is 0 Å². The van der Waals surface area contributed by atoms with E-state index in [1.54, 1.807) is 30.8 Å². The molecule has 4 nitrogen and oxygen atoms in total. The monoisotopic (exact) mass is 307 g/mol. The zero-order chi connectivity index (χ0) is 14.9. The molecule has 0 fully saturated rings. The Morgan fingerprint density at radius 2 is 1.95 bits per heavy atom. The van der Waals surface area contributed by atoms with E-state index in [9.17, 15) is 0 Å². The minimum absolute atomic E-state index is 0.780. The minimum Gasteiger partial charge on any atom is -0.494 e. The van der Waals surface area contributed by atoms with Crippen molar-refractivity contribution in [2.24, 2.45) is 0 Å². The highest BCUT2D eigenvalue weighted by molar-refractivity contribution is 7.22. The lowest BCUT2D eigenvalue weighted by atomic mass is 10.1. The van der Waals surface area contributed by atoms with Gasteiger partial charge >= 0.3 is 0 Å². The van der Waals surface area contributed by atoms with Crippen molar-refractivity contribution in [2.75, 3.05) is 7.11 Å². The Labute approximate surface area is 131 Å². The van der Waals surface area contributed by atoms with Crippen molar-refractivity contribution in [3.05, 3.63) is 54.9 Å². The maximum atomic E-state index is 5.46. The summed E-state index contributed by atoms with van der Waals surface area (Å²) in [5.41, 5.74) is 3.21. The Kier molecular flexibility index (Phi) is 3.12. The number of hydrogen-bond donors (Lipinski definition) is 1. The predicted molar refractivity (Wildman–Crippen MR) is 89.2 cm³/mol. The van der Waals surface area contributed by atoms with Gasteiger partial charge in [0, 0.05) is 18.0 Å². The number of hydrogen-bond acceptors (Lipinski definition) is 4. The van der Waals surface area contributed by atoms with Crippen LogP contribution in [0.15, 0.2) is 54.9 Å². The van der Waals surface area contributed by atoms with Crippen molar-refractivity contribution in [1.29, 1.82) is 0 Å². The number of fused-ring (bicyclic) bond motifs is 1. The molecule has 4 aromatic rings. The molecule has 0 spiro atoms. The Morgan fingerprint density at radius 3 is 2.68 bits per heavy atom. The molecule has 4 rings (SSSR count). The molecule has 0 aliphatic rings. The predicted octanol–water partition coefficient (Wildman–Crippen LogP) is 4.36. The Hall–Kier alpha value is -2.66. The van der Waals surface area contributed by atoms with Gasteiger partial charge in [-0.05, 0) is 17.7 Å². The molecule has 2 aromatic heterocycles. The van der Waals surface area contributed by atoms with Crippen LogP contribution in [0.2, 0.25) is 0 Å². The second-order valence-corrected chi connectivity index (χ2v) is 5.82. The normalized spacial score (nSPS) is 11.0. The fraction of sp³-hybridized carbons (Fsp3) is 0.0588. The number of nitrogens with zero attached hydrogens (tertiary/aromatic N) is 2. The second-order valence-electron chi connectivity index (χ2n) is 4.82. The van der Waals surface area contributed by atoms with Crippen LogP contribution in [-0.4, -0.2) is 22.1 Å². The molecule has 0 radical (unpaired) electrons. The Bertz CT molecular complexity index is 914. The molecule has 0 unspecified atom stereocenters. The zero-order valence-corrected chi connectivity index (χ0v) is 12.7. The fourth-order valence-corrected chi connectivity index (χ4v) is 3.55. The Balaban J connectivity index is 1.99. The van der Waals surface area contributed by atoms with Crippen LogP contribution in [0.3, 0.4) is 0 Å². The van der Waals surface area contributed by atoms with Gasteiger partial charge in [0.25, 0.3) is 0 Å². The van der Waals surface area contributed by atoms with E-state index < -0.39 is 0 Å². The van der Waals surface area contributed by atoms with Crippen LogP contribution in [0.25, 0.3) is 32.2 Å². The van der Waals surface area contributed by atoms with Gasteiger partial charge in [-0.3, -0.25) is 0 Å². The minimum atomic E-state index is 0.780. The largest absolute Gasteiger partial charge is 0.494 e. The first kappa shape index (κ1) is 13.0. The molecule has 0 bridgehead atoms. The number of aromatic nitrogens is 3. The number of ether oxygens (including phenoxy) is 1. The van der Waals surface area contributed by atoms with Gasteiger partial charge in [-0.15, -0.1) is 11.3 Å². The molecule has 1 N–H and O–H groups in total. The van der Waals surface area contributed by atoms with E-state index in [1.165, 1.54) is 5.56 Å². The summed E-state index contributed by atoms with van der Waals surface area (Å²) < 4.78 is 6.57. The number of aromatic amines is 1. The highest BCUT2D eigenvalue weighted by atomic mass is 32.1. The molecule has 2 aromatic carbocycles. The third kappa shape index (κ3) is 2.07. The van der Waals surface area contributed by atoms with Gasteiger partial charge in [0.1, 0.15) is 11.3 Å². The van der Waals surface area contributed by atoms with Gasteiger partial charge in [-0.25, -0.2) is 9.97 Å². The average molecular weight is 307 g/mol. The number of methoxy groups -OCH3 is 1. The molecule has 0 aliphatic carbocycles. The fourth-order valence-electron chi connectivity index (χ4n) is 2.48. The Morgan fingerprint density at radius 1 is 1.09 bits per heavy atom. The van der Waals surface area contributed by atoms with E-state index in [0.717, 1.165) is 32.4 Å². The van der Waals surface area contributed by atoms with Crippen molar-refractivity contribution < 1.29 is 4.74 Å². The van der Waals surface area contributed by atoms with Gasteiger partial charge in [0.15, 0.2) is 10.8 Å². The molecule has 0 amide bonds. The summed E-state index contributed by atoms with van der Waals surface area (Å²) in [6.07, 6.45) is 3.54. The number of nitrogens with one attached hydrogen (secondary N) is 1. The van der Waals surface area contributed by atoms with E-state index in [1.807, 2.05) is 24.3 Å². The number of rotatable bonds is 3. The van der Waals surface area contributed by atoms with Crippen molar-refractivity contribution in [3.63, 3.8) is 0 Å². The lowest BCUT2D eigenvalue weighted by Gasteiger charge is -2.05. The summed E-state index contributed by atoms with van der Waals surface area (Å²) in [5.74, 6) is 1.56. The zero-order valence-electron chi connectivity index (χ0n) is 11.9. The van der Waals surface area contributed by atoms with Gasteiger partial charge in [-0.2, -0.15) is 0 Å². The maximum absolute atomic E-state index is 5.46. The number of imidazole rings is 1. The first-order valence-electron chi connectivity index (χ1n) is 6.89. The van der Waals surface area contributed by atoms with Crippen LogP contribution in [0.4, 0.5) is 0 Å². The maximum Gasteiger partial charge on any atom is 0.166 e. The van der Waals surface area contributed by atoms with Crippen LogP contribution in [0.5, 0.6) is 5.75 Å². The van der Waals surface area contributed by atoms with E-state index in [-0.39, 0.29) is 0 Å². The smallest absolute Gasteiger partial charge is 0.166 e. The van der Waals surface area contributed by atoms with Crippen molar-refractivity contribution in [2.45, 2.75) is 0 Å². The highest BCUT2D eigenvalue weighted by Gasteiger charge is 2.15. The van der Waals surface area contributed by atoms with E-state index >= 15 is 0 Å². The van der Waals surface area contributed by atoms with Crippen molar-refractivity contribution in [1.82, 2.24) is 15.0 Å². The highest BCUT2D eigenvalue weighted by Crippen LogP contribution is 2.40. The molecule has 0 atom stereocenters. The third-order valence-electron chi connectivity index (χ3n) is 3.51. The molecule has 0 saturated carbocycles. The second kappa shape index (κ2) is 5.27. The van der Waals surface area contributed by atoms with Gasteiger partial charge in [0.05, 0.1) is 11.8 Å². The van der Waals surface area contributed by atoms with Gasteiger partial charge in [-0.1, -0.05) is 30.3 Å². The third-order valence-corrected chi connectivity index (χ3v) is 4.61. The standard InChI is InChI=1S/C17H13N3OS/c1-21-13-8-7-12(11-5-3-2-4-6-11)15-14(13)20-17(22-15)16-18-9-10-19-16/h2-10H,1H3,(H,18,19). The summed E-state index contributed by atoms with van der Waals surface area (Å²) in [4.78, 5) is 12.1. The van der Waals surface area contributed by atoms with Crippen LogP contribution < -0.4 is 4.74 Å². The summed E-state index contributed by atoms with van der Waals surface area (Å²) in [7, 11) is 1.67. The summed E-state index contributed by atoms with van der Waals surface area (Å²) in [6, 6.07) is 14.4. The topological polar surface area (TPSA) is 50.8 Å². The first-order valence-corrected chi connectivity index (χ1v) is 7.71. The molecule has 22 heavy (non-hydrogen) atoms. The molecule has 2 heterocycles. The van der Waals surface area contributed by atoms with Crippen LogP contribution in [0, 0.1) is 0 Å². The lowest BCUT2D eigenvalue weighted by Crippen LogP contribution is -1.86. The summed E-state index contributed by atoms with van der Waals surface area (Å²) in [5, 5.41) is 0.863. The van der Waals surface area contributed by atoms with Gasteiger partial charge in [0.2, 0.25) is 0 Å². The summed E-state index contributed by atoms with van der Waals surface area (Å²) >= 11 is 1.62. The van der Waals surface area contributed by atoms with Crippen molar-refractivity contribution >= 4 is 21.6 Å². The quantitative estimate of drug-likeness (QED) is 0.611. The molecule has 108 valence electrons. The van der Waals surface area contributed by atoms with Gasteiger partial charge < -0.3 is 9.72 Å². The van der Waals surface area contributed by atoms with Crippen LogP contribution in [0.1, 0.15) is 0 Å². The van der Waals surface area contributed by atoms with Crippen molar-refractivity contribution in [3.8, 4) is 27.7 Å². The van der Waals surface area contributed by atoms with E-state index in [2.05, 4.69) is 28.2 Å². The molecule has 5 heteroatoms. The summed E-state index contributed by atoms with van der Waals surface area (Å²) in [6.45, 7) is 0. The average Bonchev–Trinajstić information content (AvgIpc) is 3.23. The SMILES string of the molecule is COc1ccc(-c2ccccc2)c2sc(-c3ncc[nH]3)nc12. The van der Waals surface area contributed by atoms with Crippen LogP contribution >= 0.6 is 11.3 Å². The first-order chi connectivity index (χ1) is 10.9. The molecular formula is C17H13N3OS. The van der Waals surface area contributed by atoms with E-state index in [0.29, 0.717) is 0 Å².